The first kappa shape index (κ1) is 23.1. The van der Waals surface area contributed by atoms with Gasteiger partial charge in [0.1, 0.15) is 29.5 Å². The Morgan fingerprint density at radius 2 is 1.85 bits per heavy atom. The summed E-state index contributed by atoms with van der Waals surface area (Å²) in [5.74, 6) is 0.438. The Morgan fingerprint density at radius 3 is 2.55 bits per heavy atom. The molecule has 1 aliphatic heterocycles. The molecule has 0 radical (unpaired) electrons. The molecule has 1 unspecified atom stereocenters. The zero-order valence-electron chi connectivity index (χ0n) is 18.3. The molecule has 0 aliphatic carbocycles. The Kier molecular flexibility index (Phi) is 7.14. The van der Waals surface area contributed by atoms with Crippen molar-refractivity contribution in [2.45, 2.75) is 25.9 Å². The van der Waals surface area contributed by atoms with Crippen LogP contribution in [0, 0.1) is 17.6 Å². The van der Waals surface area contributed by atoms with Crippen LogP contribution in [0.3, 0.4) is 0 Å². The number of nitrogens with zero attached hydrogens (tertiary/aromatic N) is 2. The second-order valence-corrected chi connectivity index (χ2v) is 8.24. The van der Waals surface area contributed by atoms with Gasteiger partial charge in [0.2, 0.25) is 0 Å². The molecule has 1 aliphatic rings. The third-order valence-corrected chi connectivity index (χ3v) is 5.92. The third kappa shape index (κ3) is 5.28. The minimum Gasteiger partial charge on any atom is -0.493 e. The lowest BCUT2D eigenvalue weighted by atomic mass is 9.93. The quantitative estimate of drug-likeness (QED) is 0.452. The summed E-state index contributed by atoms with van der Waals surface area (Å²) < 4.78 is 39.7. The van der Waals surface area contributed by atoms with Gasteiger partial charge in [-0.05, 0) is 69.2 Å². The monoisotopic (exact) mass is 473 g/mol. The predicted octanol–water partition coefficient (Wildman–Crippen LogP) is 4.49. The molecule has 174 valence electrons. The van der Waals surface area contributed by atoms with E-state index in [0.717, 1.165) is 38.1 Å². The topological polar surface area (TPSA) is 80.3 Å². The SMILES string of the molecule is COc1cc2c(NC(=S)Nc3c(F)cccc3F)ncnc2cc1OC(C)C1CCNCC1. The molecule has 10 heteroatoms. The Bertz CT molecular complexity index is 1140. The molecule has 2 heterocycles. The average molecular weight is 474 g/mol. The minimum absolute atomic E-state index is 0.0159. The van der Waals surface area contributed by atoms with Crippen LogP contribution in [0.1, 0.15) is 19.8 Å². The molecule has 0 amide bonds. The summed E-state index contributed by atoms with van der Waals surface area (Å²) in [6.45, 7) is 4.04. The number of thiocarbonyl (C=S) groups is 1. The number of nitrogens with one attached hydrogen (secondary N) is 3. The number of hydrogen-bond donors (Lipinski definition) is 3. The van der Waals surface area contributed by atoms with Gasteiger partial charge >= 0.3 is 0 Å². The molecule has 1 atom stereocenters. The molecule has 7 nitrogen and oxygen atoms in total. The fourth-order valence-corrected chi connectivity index (χ4v) is 4.09. The number of rotatable bonds is 6. The number of halogens is 2. The van der Waals surface area contributed by atoms with Crippen molar-refractivity contribution in [1.82, 2.24) is 15.3 Å². The highest BCUT2D eigenvalue weighted by molar-refractivity contribution is 7.80. The maximum absolute atomic E-state index is 13.9. The van der Waals surface area contributed by atoms with Crippen LogP contribution in [0.15, 0.2) is 36.7 Å². The Hall–Kier alpha value is -3.11. The summed E-state index contributed by atoms with van der Waals surface area (Å²) in [4.78, 5) is 8.57. The van der Waals surface area contributed by atoms with E-state index in [-0.39, 0.29) is 16.9 Å². The van der Waals surface area contributed by atoms with Crippen LogP contribution >= 0.6 is 12.2 Å². The maximum atomic E-state index is 13.9. The number of benzene rings is 2. The van der Waals surface area contributed by atoms with Crippen LogP contribution in [0.2, 0.25) is 0 Å². The minimum atomic E-state index is -0.752. The normalized spacial score (nSPS) is 15.2. The molecule has 0 saturated carbocycles. The fraction of sp³-hybridized carbons (Fsp3) is 0.348. The lowest BCUT2D eigenvalue weighted by molar-refractivity contribution is 0.124. The third-order valence-electron chi connectivity index (χ3n) is 5.71. The molecule has 1 fully saturated rings. The lowest BCUT2D eigenvalue weighted by Crippen LogP contribution is -2.35. The van der Waals surface area contributed by atoms with Gasteiger partial charge in [-0.2, -0.15) is 0 Å². The highest BCUT2D eigenvalue weighted by Crippen LogP contribution is 2.36. The van der Waals surface area contributed by atoms with E-state index in [9.17, 15) is 8.78 Å². The summed E-state index contributed by atoms with van der Waals surface area (Å²) >= 11 is 5.24. The molecule has 2 aromatic carbocycles. The van der Waals surface area contributed by atoms with Crippen LogP contribution in [-0.4, -0.2) is 41.4 Å². The van der Waals surface area contributed by atoms with Crippen LogP contribution in [0.5, 0.6) is 11.5 Å². The van der Waals surface area contributed by atoms with Crippen LogP contribution < -0.4 is 25.4 Å². The van der Waals surface area contributed by atoms with E-state index in [1.165, 1.54) is 12.4 Å². The molecule has 1 saturated heterocycles. The summed E-state index contributed by atoms with van der Waals surface area (Å²) in [5, 5.41) is 9.39. The summed E-state index contributed by atoms with van der Waals surface area (Å²) in [7, 11) is 1.56. The van der Waals surface area contributed by atoms with Gasteiger partial charge in [0.25, 0.3) is 0 Å². The van der Waals surface area contributed by atoms with Crippen molar-refractivity contribution in [3.8, 4) is 11.5 Å². The molecule has 33 heavy (non-hydrogen) atoms. The van der Waals surface area contributed by atoms with Gasteiger partial charge in [-0.15, -0.1) is 0 Å². The van der Waals surface area contributed by atoms with Crippen molar-refractivity contribution in [1.29, 1.82) is 0 Å². The van der Waals surface area contributed by atoms with E-state index < -0.39 is 11.6 Å². The second kappa shape index (κ2) is 10.2. The van der Waals surface area contributed by atoms with Gasteiger partial charge in [-0.25, -0.2) is 18.7 Å². The first-order valence-corrected chi connectivity index (χ1v) is 11.1. The van der Waals surface area contributed by atoms with Gasteiger partial charge in [0.15, 0.2) is 16.6 Å². The van der Waals surface area contributed by atoms with Crippen LogP contribution in [0.4, 0.5) is 20.3 Å². The average Bonchev–Trinajstić information content (AvgIpc) is 2.82. The largest absolute Gasteiger partial charge is 0.493 e. The first-order chi connectivity index (χ1) is 16.0. The van der Waals surface area contributed by atoms with Gasteiger partial charge in [-0.1, -0.05) is 6.07 Å². The van der Waals surface area contributed by atoms with Crippen molar-refractivity contribution in [2.24, 2.45) is 5.92 Å². The van der Waals surface area contributed by atoms with E-state index in [4.69, 9.17) is 21.7 Å². The Morgan fingerprint density at radius 1 is 1.12 bits per heavy atom. The smallest absolute Gasteiger partial charge is 0.176 e. The molecular weight excluding hydrogens is 448 g/mol. The van der Waals surface area contributed by atoms with Crippen molar-refractivity contribution in [2.75, 3.05) is 30.8 Å². The number of para-hydroxylation sites is 1. The van der Waals surface area contributed by atoms with E-state index >= 15 is 0 Å². The molecule has 3 N–H and O–H groups in total. The number of ether oxygens (including phenoxy) is 2. The summed E-state index contributed by atoms with van der Waals surface area (Å²) in [6, 6.07) is 7.12. The van der Waals surface area contributed by atoms with Crippen LogP contribution in [-0.2, 0) is 0 Å². The van der Waals surface area contributed by atoms with Crippen molar-refractivity contribution in [3.05, 3.63) is 48.3 Å². The number of hydrogen-bond acceptors (Lipinski definition) is 6. The predicted molar refractivity (Wildman–Crippen MR) is 128 cm³/mol. The van der Waals surface area contributed by atoms with Gasteiger partial charge in [-0.3, -0.25) is 0 Å². The highest BCUT2D eigenvalue weighted by Gasteiger charge is 2.23. The highest BCUT2D eigenvalue weighted by atomic mass is 32.1. The second-order valence-electron chi connectivity index (χ2n) is 7.83. The standard InChI is InChI=1S/C23H25F2N5O2S/c1-13(14-6-8-26-9-7-14)32-20-11-18-15(10-19(20)31-2)22(28-12-27-18)30-23(33)29-21-16(24)4-3-5-17(21)25/h3-5,10-14,26H,6-9H2,1-2H3,(H2,27,28,29,30,33). The number of methoxy groups -OCH3 is 1. The van der Waals surface area contributed by atoms with E-state index in [0.29, 0.717) is 34.1 Å². The van der Waals surface area contributed by atoms with E-state index in [2.05, 4.69) is 32.8 Å². The zero-order chi connectivity index (χ0) is 23.4. The first-order valence-electron chi connectivity index (χ1n) is 10.7. The van der Waals surface area contributed by atoms with Gasteiger partial charge < -0.3 is 25.4 Å². The van der Waals surface area contributed by atoms with Gasteiger partial charge in [0.05, 0.1) is 18.7 Å². The molecular formula is C23H25F2N5O2S. The number of anilines is 2. The van der Waals surface area contributed by atoms with Gasteiger partial charge in [0, 0.05) is 11.5 Å². The maximum Gasteiger partial charge on any atom is 0.176 e. The van der Waals surface area contributed by atoms with Crippen LogP contribution in [0.25, 0.3) is 10.9 Å². The number of fused-ring (bicyclic) bond motifs is 1. The van der Waals surface area contributed by atoms with Crippen molar-refractivity contribution >= 4 is 39.7 Å². The summed E-state index contributed by atoms with van der Waals surface area (Å²) in [5.41, 5.74) is 0.272. The molecule has 0 spiro atoms. The number of piperidine rings is 1. The molecule has 3 aromatic rings. The van der Waals surface area contributed by atoms with Crippen molar-refractivity contribution in [3.63, 3.8) is 0 Å². The summed E-state index contributed by atoms with van der Waals surface area (Å²) in [6.07, 6.45) is 3.51. The Balaban J connectivity index is 1.56. The number of aromatic nitrogens is 2. The molecule has 1 aromatic heterocycles. The van der Waals surface area contributed by atoms with Crippen molar-refractivity contribution < 1.29 is 18.3 Å². The lowest BCUT2D eigenvalue weighted by Gasteiger charge is -2.29. The zero-order valence-corrected chi connectivity index (χ0v) is 19.1. The van der Waals surface area contributed by atoms with E-state index in [1.54, 1.807) is 19.2 Å². The van der Waals surface area contributed by atoms with E-state index in [1.807, 2.05) is 0 Å². The molecule has 0 bridgehead atoms. The molecule has 4 rings (SSSR count). The fourth-order valence-electron chi connectivity index (χ4n) is 3.89. The Labute approximate surface area is 195 Å².